The van der Waals surface area contributed by atoms with Crippen LogP contribution in [0.1, 0.15) is 26.3 Å². The maximum Gasteiger partial charge on any atom is 0.329 e. The molecule has 1 unspecified atom stereocenters. The molecule has 0 radical (unpaired) electrons. The van der Waals surface area contributed by atoms with Gasteiger partial charge in [0.2, 0.25) is 0 Å². The Balaban J connectivity index is 2.74. The van der Waals surface area contributed by atoms with E-state index >= 15 is 0 Å². The third-order valence-corrected chi connectivity index (χ3v) is 2.90. The Morgan fingerprint density at radius 3 is 2.58 bits per heavy atom. The number of rotatable bonds is 7. The molecule has 0 bridgehead atoms. The van der Waals surface area contributed by atoms with Gasteiger partial charge in [0.25, 0.3) is 0 Å². The molecule has 106 valence electrons. The van der Waals surface area contributed by atoms with E-state index < -0.39 is 5.54 Å². The first-order valence-corrected chi connectivity index (χ1v) is 6.64. The highest BCUT2D eigenvalue weighted by Crippen LogP contribution is 2.18. The summed E-state index contributed by atoms with van der Waals surface area (Å²) in [6, 6.07) is 7.74. The number of para-hydroxylation sites is 1. The molecule has 1 rings (SSSR count). The maximum atomic E-state index is 12.0. The highest BCUT2D eigenvalue weighted by molar-refractivity contribution is 5.80. The van der Waals surface area contributed by atoms with Crippen LogP contribution in [0.3, 0.4) is 0 Å². The van der Waals surface area contributed by atoms with E-state index in [4.69, 9.17) is 9.47 Å². The highest BCUT2D eigenvalue weighted by atomic mass is 16.5. The molecule has 0 aliphatic heterocycles. The molecule has 19 heavy (non-hydrogen) atoms. The van der Waals surface area contributed by atoms with Crippen molar-refractivity contribution in [2.45, 2.75) is 33.2 Å². The number of aryl methyl sites for hydroxylation is 1. The van der Waals surface area contributed by atoms with Crippen molar-refractivity contribution < 1.29 is 14.3 Å². The topological polar surface area (TPSA) is 47.6 Å². The minimum atomic E-state index is -0.826. The Morgan fingerprint density at radius 1 is 1.32 bits per heavy atom. The zero-order valence-corrected chi connectivity index (χ0v) is 12.2. The smallest absolute Gasteiger partial charge is 0.329 e. The van der Waals surface area contributed by atoms with Crippen molar-refractivity contribution >= 4 is 5.97 Å². The Morgan fingerprint density at radius 2 is 2.00 bits per heavy atom. The van der Waals surface area contributed by atoms with Gasteiger partial charge in [-0.3, -0.25) is 5.32 Å². The number of carbonyl (C=O) groups excluding carboxylic acids is 1. The zero-order valence-electron chi connectivity index (χ0n) is 12.2. The average Bonchev–Trinajstić information content (AvgIpc) is 2.38. The van der Waals surface area contributed by atoms with Crippen molar-refractivity contribution in [2.75, 3.05) is 19.8 Å². The molecule has 0 spiro atoms. The number of carbonyl (C=O) groups is 1. The molecule has 1 N–H and O–H groups in total. The van der Waals surface area contributed by atoms with Gasteiger partial charge in [-0.1, -0.05) is 25.1 Å². The number of ether oxygens (including phenoxy) is 2. The van der Waals surface area contributed by atoms with Crippen molar-refractivity contribution in [3.63, 3.8) is 0 Å². The second kappa shape index (κ2) is 7.14. The summed E-state index contributed by atoms with van der Waals surface area (Å²) in [4.78, 5) is 12.0. The first kappa shape index (κ1) is 15.5. The van der Waals surface area contributed by atoms with Gasteiger partial charge < -0.3 is 9.47 Å². The van der Waals surface area contributed by atoms with E-state index in [1.807, 2.05) is 38.1 Å². The minimum Gasteiger partial charge on any atom is -0.491 e. The van der Waals surface area contributed by atoms with Crippen LogP contribution in [0.25, 0.3) is 0 Å². The largest absolute Gasteiger partial charge is 0.491 e. The number of esters is 1. The lowest BCUT2D eigenvalue weighted by Crippen LogP contribution is -2.54. The monoisotopic (exact) mass is 265 g/mol. The van der Waals surface area contributed by atoms with Crippen molar-refractivity contribution in [1.29, 1.82) is 0 Å². The molecule has 0 heterocycles. The summed E-state index contributed by atoms with van der Waals surface area (Å²) in [7, 11) is 0. The van der Waals surface area contributed by atoms with Crippen molar-refractivity contribution in [2.24, 2.45) is 0 Å². The Labute approximate surface area is 115 Å². The summed E-state index contributed by atoms with van der Waals surface area (Å²) in [5, 5.41) is 3.13. The molecule has 4 nitrogen and oxygen atoms in total. The van der Waals surface area contributed by atoms with Gasteiger partial charge in [-0.25, -0.2) is 4.79 Å². The lowest BCUT2D eigenvalue weighted by Gasteiger charge is -2.28. The van der Waals surface area contributed by atoms with E-state index in [1.54, 1.807) is 13.8 Å². The van der Waals surface area contributed by atoms with Crippen LogP contribution in [0.15, 0.2) is 24.3 Å². The first-order chi connectivity index (χ1) is 9.03. The molecule has 0 saturated heterocycles. The molecule has 0 fully saturated rings. The van der Waals surface area contributed by atoms with E-state index in [-0.39, 0.29) is 12.6 Å². The molecular formula is C15H23NO3. The van der Waals surface area contributed by atoms with Crippen LogP contribution in [0, 0.1) is 6.92 Å². The van der Waals surface area contributed by atoms with Gasteiger partial charge in [-0.2, -0.15) is 0 Å². The van der Waals surface area contributed by atoms with Gasteiger partial charge >= 0.3 is 5.97 Å². The summed E-state index contributed by atoms with van der Waals surface area (Å²) in [6.07, 6.45) is 0. The van der Waals surface area contributed by atoms with E-state index in [0.29, 0.717) is 13.2 Å². The van der Waals surface area contributed by atoms with Crippen molar-refractivity contribution in [3.8, 4) is 5.75 Å². The second-order valence-corrected chi connectivity index (χ2v) is 4.64. The van der Waals surface area contributed by atoms with Crippen LogP contribution in [-0.4, -0.2) is 31.3 Å². The molecule has 0 aliphatic carbocycles. The maximum absolute atomic E-state index is 12.0. The number of benzene rings is 1. The van der Waals surface area contributed by atoms with E-state index in [2.05, 4.69) is 5.32 Å². The molecule has 0 aliphatic rings. The third-order valence-electron chi connectivity index (χ3n) is 2.90. The minimum absolute atomic E-state index is 0.241. The van der Waals surface area contributed by atoms with Gasteiger partial charge in [-0.05, 0) is 38.9 Å². The van der Waals surface area contributed by atoms with Gasteiger partial charge in [0.1, 0.15) is 17.9 Å². The lowest BCUT2D eigenvalue weighted by molar-refractivity contribution is -0.151. The first-order valence-electron chi connectivity index (χ1n) is 6.64. The van der Waals surface area contributed by atoms with Gasteiger partial charge in [0.05, 0.1) is 6.61 Å². The predicted octanol–water partition coefficient (Wildman–Crippen LogP) is 2.31. The fourth-order valence-corrected chi connectivity index (χ4v) is 1.80. The van der Waals surface area contributed by atoms with Gasteiger partial charge in [0.15, 0.2) is 0 Å². The van der Waals surface area contributed by atoms with Crippen LogP contribution in [0.5, 0.6) is 5.75 Å². The van der Waals surface area contributed by atoms with E-state index in [1.165, 1.54) is 0 Å². The molecule has 1 aromatic rings. The molecule has 0 saturated carbocycles. The van der Waals surface area contributed by atoms with E-state index in [0.717, 1.165) is 11.3 Å². The average molecular weight is 265 g/mol. The SMILES string of the molecule is CCNC(C)(COc1ccccc1C)C(=O)OCC. The van der Waals surface area contributed by atoms with Crippen LogP contribution >= 0.6 is 0 Å². The normalized spacial score (nSPS) is 13.7. The summed E-state index contributed by atoms with van der Waals surface area (Å²) in [6.45, 7) is 8.80. The number of hydrogen-bond acceptors (Lipinski definition) is 4. The predicted molar refractivity (Wildman–Crippen MR) is 75.4 cm³/mol. The van der Waals surface area contributed by atoms with Crippen molar-refractivity contribution in [1.82, 2.24) is 5.32 Å². The summed E-state index contributed by atoms with van der Waals surface area (Å²) < 4.78 is 10.9. The van der Waals surface area contributed by atoms with Crippen LogP contribution in [0.4, 0.5) is 0 Å². The Hall–Kier alpha value is -1.55. The van der Waals surface area contributed by atoms with Gasteiger partial charge in [0, 0.05) is 0 Å². The quantitative estimate of drug-likeness (QED) is 0.769. The zero-order chi connectivity index (χ0) is 14.3. The van der Waals surface area contributed by atoms with Gasteiger partial charge in [-0.15, -0.1) is 0 Å². The second-order valence-electron chi connectivity index (χ2n) is 4.64. The summed E-state index contributed by atoms with van der Waals surface area (Å²) in [5.41, 5.74) is 0.220. The molecule has 0 amide bonds. The Kier molecular flexibility index (Phi) is 5.83. The standard InChI is InChI=1S/C15H23NO3/c1-5-16-15(4,14(17)18-6-2)11-19-13-10-8-7-9-12(13)3/h7-10,16H,5-6,11H2,1-4H3. The van der Waals surface area contributed by atoms with Crippen LogP contribution < -0.4 is 10.1 Å². The van der Waals surface area contributed by atoms with Crippen molar-refractivity contribution in [3.05, 3.63) is 29.8 Å². The third kappa shape index (κ3) is 4.24. The molecule has 1 aromatic carbocycles. The fourth-order valence-electron chi connectivity index (χ4n) is 1.80. The molecule has 4 heteroatoms. The lowest BCUT2D eigenvalue weighted by atomic mass is 10.0. The summed E-state index contributed by atoms with van der Waals surface area (Å²) >= 11 is 0. The van der Waals surface area contributed by atoms with Crippen LogP contribution in [0.2, 0.25) is 0 Å². The number of hydrogen-bond donors (Lipinski definition) is 1. The number of likely N-dealkylation sites (N-methyl/N-ethyl adjacent to an activating group) is 1. The molecule has 1 atom stereocenters. The van der Waals surface area contributed by atoms with Crippen LogP contribution in [-0.2, 0) is 9.53 Å². The fraction of sp³-hybridized carbons (Fsp3) is 0.533. The molecular weight excluding hydrogens is 242 g/mol. The summed E-state index contributed by atoms with van der Waals surface area (Å²) in [5.74, 6) is 0.501. The number of nitrogens with one attached hydrogen (secondary N) is 1. The highest BCUT2D eigenvalue weighted by Gasteiger charge is 2.35. The van der Waals surface area contributed by atoms with E-state index in [9.17, 15) is 4.79 Å². The molecule has 0 aromatic heterocycles. The Bertz CT molecular complexity index is 420.